The Bertz CT molecular complexity index is 227. The maximum atomic E-state index is 5.58. The Morgan fingerprint density at radius 2 is 2.24 bits per heavy atom. The lowest BCUT2D eigenvalue weighted by molar-refractivity contribution is 0.128. The molecule has 0 amide bonds. The standard InChI is InChI=1S/C13H27N3O/c1-4-5-9-16(3)13(14-2)15-8-10-17-11-12-6-7-12/h12H,4-11H2,1-3H3,(H,14,15). The molecule has 17 heavy (non-hydrogen) atoms. The summed E-state index contributed by atoms with van der Waals surface area (Å²) < 4.78 is 5.58. The molecule has 0 aromatic rings. The van der Waals surface area contributed by atoms with Gasteiger partial charge in [-0.15, -0.1) is 0 Å². The molecule has 100 valence electrons. The molecule has 0 radical (unpaired) electrons. The molecule has 0 unspecified atom stereocenters. The van der Waals surface area contributed by atoms with Gasteiger partial charge in [-0.05, 0) is 25.2 Å². The molecule has 1 N–H and O–H groups in total. The van der Waals surface area contributed by atoms with Crippen LogP contribution in [0.3, 0.4) is 0 Å². The molecule has 0 spiro atoms. The summed E-state index contributed by atoms with van der Waals surface area (Å²) in [5.74, 6) is 1.81. The third-order valence-corrected chi connectivity index (χ3v) is 3.00. The second-order valence-electron chi connectivity index (χ2n) is 4.77. The summed E-state index contributed by atoms with van der Waals surface area (Å²) in [6.07, 6.45) is 5.13. The highest BCUT2D eigenvalue weighted by Crippen LogP contribution is 2.28. The van der Waals surface area contributed by atoms with Crippen LogP contribution in [0.25, 0.3) is 0 Å². The molecule has 0 bridgehead atoms. The molecule has 1 saturated carbocycles. The average Bonchev–Trinajstić information content (AvgIpc) is 3.14. The molecule has 1 aliphatic carbocycles. The molecule has 4 heteroatoms. The number of unbranched alkanes of at least 4 members (excludes halogenated alkanes) is 1. The van der Waals surface area contributed by atoms with E-state index in [2.05, 4.69) is 29.2 Å². The van der Waals surface area contributed by atoms with E-state index in [-0.39, 0.29) is 0 Å². The number of ether oxygens (including phenoxy) is 1. The van der Waals surface area contributed by atoms with Crippen molar-refractivity contribution in [2.45, 2.75) is 32.6 Å². The van der Waals surface area contributed by atoms with Gasteiger partial charge in [-0.2, -0.15) is 0 Å². The second-order valence-corrected chi connectivity index (χ2v) is 4.77. The van der Waals surface area contributed by atoms with Crippen LogP contribution in [0.2, 0.25) is 0 Å². The zero-order valence-electron chi connectivity index (χ0n) is 11.5. The van der Waals surface area contributed by atoms with Crippen LogP contribution in [0.1, 0.15) is 32.6 Å². The molecule has 0 heterocycles. The van der Waals surface area contributed by atoms with Gasteiger partial charge in [0.1, 0.15) is 0 Å². The molecular formula is C13H27N3O. The minimum atomic E-state index is 0.775. The van der Waals surface area contributed by atoms with Crippen molar-refractivity contribution in [3.05, 3.63) is 0 Å². The predicted molar refractivity (Wildman–Crippen MR) is 72.4 cm³/mol. The number of hydrogen-bond acceptors (Lipinski definition) is 2. The number of nitrogens with one attached hydrogen (secondary N) is 1. The Hall–Kier alpha value is -0.770. The Kier molecular flexibility index (Phi) is 7.01. The fraction of sp³-hybridized carbons (Fsp3) is 0.923. The minimum absolute atomic E-state index is 0.775. The molecule has 0 aromatic carbocycles. The summed E-state index contributed by atoms with van der Waals surface area (Å²) in [4.78, 5) is 6.43. The van der Waals surface area contributed by atoms with Crippen LogP contribution in [0.4, 0.5) is 0 Å². The zero-order chi connectivity index (χ0) is 12.5. The third-order valence-electron chi connectivity index (χ3n) is 3.00. The van der Waals surface area contributed by atoms with Crippen molar-refractivity contribution in [1.82, 2.24) is 10.2 Å². The highest BCUT2D eigenvalue weighted by molar-refractivity contribution is 5.79. The van der Waals surface area contributed by atoms with Gasteiger partial charge in [-0.3, -0.25) is 4.99 Å². The number of guanidine groups is 1. The van der Waals surface area contributed by atoms with Crippen molar-refractivity contribution in [1.29, 1.82) is 0 Å². The van der Waals surface area contributed by atoms with E-state index in [1.165, 1.54) is 25.7 Å². The smallest absolute Gasteiger partial charge is 0.193 e. The van der Waals surface area contributed by atoms with Gasteiger partial charge in [0.05, 0.1) is 6.61 Å². The molecular weight excluding hydrogens is 214 g/mol. The first kappa shape index (κ1) is 14.3. The lowest BCUT2D eigenvalue weighted by atomic mass is 10.3. The van der Waals surface area contributed by atoms with E-state index in [4.69, 9.17) is 4.74 Å². The van der Waals surface area contributed by atoms with Crippen molar-refractivity contribution in [2.75, 3.05) is 40.4 Å². The summed E-state index contributed by atoms with van der Waals surface area (Å²) in [5.41, 5.74) is 0. The maximum absolute atomic E-state index is 5.58. The molecule has 4 nitrogen and oxygen atoms in total. The Balaban J connectivity index is 2.04. The van der Waals surface area contributed by atoms with E-state index in [1.807, 2.05) is 7.05 Å². The summed E-state index contributed by atoms with van der Waals surface area (Å²) >= 11 is 0. The first-order chi connectivity index (χ1) is 8.27. The number of nitrogens with zero attached hydrogens (tertiary/aromatic N) is 2. The summed E-state index contributed by atoms with van der Waals surface area (Å²) in [6, 6.07) is 0. The number of rotatable bonds is 8. The third kappa shape index (κ3) is 6.51. The fourth-order valence-corrected chi connectivity index (χ4v) is 1.66. The quantitative estimate of drug-likeness (QED) is 0.399. The van der Waals surface area contributed by atoms with Crippen LogP contribution in [-0.4, -0.2) is 51.3 Å². The van der Waals surface area contributed by atoms with E-state index >= 15 is 0 Å². The lowest BCUT2D eigenvalue weighted by Gasteiger charge is -2.21. The molecule has 1 rings (SSSR count). The minimum Gasteiger partial charge on any atom is -0.379 e. The first-order valence-electron chi connectivity index (χ1n) is 6.77. The van der Waals surface area contributed by atoms with Crippen molar-refractivity contribution >= 4 is 5.96 Å². The van der Waals surface area contributed by atoms with Crippen LogP contribution in [0.5, 0.6) is 0 Å². The second kappa shape index (κ2) is 8.34. The summed E-state index contributed by atoms with van der Waals surface area (Å²) in [6.45, 7) is 5.81. The van der Waals surface area contributed by atoms with Gasteiger partial charge in [-0.25, -0.2) is 0 Å². The fourth-order valence-electron chi connectivity index (χ4n) is 1.66. The van der Waals surface area contributed by atoms with Gasteiger partial charge >= 0.3 is 0 Å². The topological polar surface area (TPSA) is 36.9 Å². The normalized spacial score (nSPS) is 16.1. The Labute approximate surface area is 105 Å². The average molecular weight is 241 g/mol. The van der Waals surface area contributed by atoms with Gasteiger partial charge in [0, 0.05) is 33.8 Å². The molecule has 0 saturated heterocycles. The van der Waals surface area contributed by atoms with Crippen LogP contribution in [0, 0.1) is 5.92 Å². The van der Waals surface area contributed by atoms with E-state index in [1.54, 1.807) is 0 Å². The molecule has 1 fully saturated rings. The molecule has 0 aromatic heterocycles. The number of aliphatic imine (C=N–C) groups is 1. The summed E-state index contributed by atoms with van der Waals surface area (Å²) in [7, 11) is 3.91. The largest absolute Gasteiger partial charge is 0.379 e. The van der Waals surface area contributed by atoms with Crippen molar-refractivity contribution in [3.63, 3.8) is 0 Å². The Morgan fingerprint density at radius 1 is 1.47 bits per heavy atom. The number of hydrogen-bond donors (Lipinski definition) is 1. The van der Waals surface area contributed by atoms with Crippen LogP contribution < -0.4 is 5.32 Å². The van der Waals surface area contributed by atoms with Gasteiger partial charge in [0.15, 0.2) is 5.96 Å². The van der Waals surface area contributed by atoms with E-state index in [9.17, 15) is 0 Å². The van der Waals surface area contributed by atoms with Gasteiger partial charge in [-0.1, -0.05) is 13.3 Å². The SMILES string of the molecule is CCCCN(C)C(=NC)NCCOCC1CC1. The highest BCUT2D eigenvalue weighted by atomic mass is 16.5. The molecule has 0 aliphatic heterocycles. The molecule has 1 aliphatic rings. The zero-order valence-corrected chi connectivity index (χ0v) is 11.5. The first-order valence-corrected chi connectivity index (χ1v) is 6.77. The van der Waals surface area contributed by atoms with E-state index in [0.717, 1.165) is 38.2 Å². The van der Waals surface area contributed by atoms with Crippen molar-refractivity contribution < 1.29 is 4.74 Å². The highest BCUT2D eigenvalue weighted by Gasteiger charge is 2.20. The van der Waals surface area contributed by atoms with Crippen LogP contribution in [-0.2, 0) is 4.74 Å². The van der Waals surface area contributed by atoms with Crippen LogP contribution >= 0.6 is 0 Å². The monoisotopic (exact) mass is 241 g/mol. The lowest BCUT2D eigenvalue weighted by Crippen LogP contribution is -2.40. The van der Waals surface area contributed by atoms with Gasteiger partial charge in [0.25, 0.3) is 0 Å². The van der Waals surface area contributed by atoms with Gasteiger partial charge in [0.2, 0.25) is 0 Å². The van der Waals surface area contributed by atoms with Crippen molar-refractivity contribution in [2.24, 2.45) is 10.9 Å². The van der Waals surface area contributed by atoms with Gasteiger partial charge < -0.3 is 15.0 Å². The predicted octanol–water partition coefficient (Wildman–Crippen LogP) is 1.72. The molecule has 0 atom stereocenters. The van der Waals surface area contributed by atoms with Crippen LogP contribution in [0.15, 0.2) is 4.99 Å². The maximum Gasteiger partial charge on any atom is 0.193 e. The van der Waals surface area contributed by atoms with Crippen molar-refractivity contribution in [3.8, 4) is 0 Å². The van der Waals surface area contributed by atoms with E-state index in [0.29, 0.717) is 0 Å². The van der Waals surface area contributed by atoms with E-state index < -0.39 is 0 Å². The summed E-state index contributed by atoms with van der Waals surface area (Å²) in [5, 5.41) is 3.32. The Morgan fingerprint density at radius 3 is 2.82 bits per heavy atom.